The Morgan fingerprint density at radius 3 is 2.08 bits per heavy atom. The Hall–Kier alpha value is -0.860. The second-order valence-corrected chi connectivity index (χ2v) is 3.22. The maximum Gasteiger partial charge on any atom is 0.217 e. The number of nitrogens with one attached hydrogen (secondary N) is 1. The lowest BCUT2D eigenvalue weighted by Crippen LogP contribution is -2.41. The van der Waals surface area contributed by atoms with Gasteiger partial charge in [-0.05, 0) is 6.42 Å². The molecule has 1 amide bonds. The quantitative estimate of drug-likeness (QED) is 0.689. The number of hydrogen-bond donors (Lipinski definition) is 1. The molecule has 0 unspecified atom stereocenters. The van der Waals surface area contributed by atoms with Gasteiger partial charge in [-0.1, -0.05) is 20.8 Å². The number of Topliss-reactive ketones (excluding diaryl/α,β-unsaturated/α-hetero) is 1. The van der Waals surface area contributed by atoms with Gasteiger partial charge in [0.15, 0.2) is 5.78 Å². The topological polar surface area (TPSA) is 46.2 Å². The largest absolute Gasteiger partial charge is 0.347 e. The fourth-order valence-corrected chi connectivity index (χ4v) is 1.02. The first-order chi connectivity index (χ1) is 5.49. The lowest BCUT2D eigenvalue weighted by Gasteiger charge is -2.16. The molecule has 70 valence electrons. The van der Waals surface area contributed by atoms with Crippen LogP contribution in [0.5, 0.6) is 0 Å². The fraction of sp³-hybridized carbons (Fsp3) is 0.778. The van der Waals surface area contributed by atoms with Gasteiger partial charge in [-0.15, -0.1) is 0 Å². The van der Waals surface area contributed by atoms with Crippen molar-refractivity contribution in [1.29, 1.82) is 0 Å². The van der Waals surface area contributed by atoms with Gasteiger partial charge in [-0.2, -0.15) is 0 Å². The molecule has 0 aromatic heterocycles. The molecule has 0 spiro atoms. The minimum atomic E-state index is -0.303. The Morgan fingerprint density at radius 1 is 1.33 bits per heavy atom. The average Bonchev–Trinajstić information content (AvgIpc) is 1.98. The molecule has 0 radical (unpaired) electrons. The molecule has 0 heterocycles. The highest BCUT2D eigenvalue weighted by Gasteiger charge is 2.19. The van der Waals surface area contributed by atoms with Gasteiger partial charge >= 0.3 is 0 Å². The van der Waals surface area contributed by atoms with Gasteiger partial charge in [-0.3, -0.25) is 9.59 Å². The van der Waals surface area contributed by atoms with Crippen molar-refractivity contribution < 1.29 is 9.59 Å². The predicted octanol–water partition coefficient (Wildman–Crippen LogP) is 1.13. The van der Waals surface area contributed by atoms with Crippen LogP contribution < -0.4 is 5.32 Å². The van der Waals surface area contributed by atoms with Crippen molar-refractivity contribution in [2.24, 2.45) is 5.92 Å². The summed E-state index contributed by atoms with van der Waals surface area (Å²) in [6.07, 6.45) is 0.663. The number of carbonyl (C=O) groups is 2. The zero-order chi connectivity index (χ0) is 9.72. The van der Waals surface area contributed by atoms with Gasteiger partial charge in [0.1, 0.15) is 0 Å². The summed E-state index contributed by atoms with van der Waals surface area (Å²) in [5.74, 6) is -0.0506. The van der Waals surface area contributed by atoms with Crippen LogP contribution in [0.4, 0.5) is 0 Å². The van der Waals surface area contributed by atoms with Crippen molar-refractivity contribution in [2.45, 2.75) is 40.2 Å². The molecule has 1 N–H and O–H groups in total. The van der Waals surface area contributed by atoms with Crippen LogP contribution in [0, 0.1) is 5.92 Å². The molecule has 3 heteroatoms. The normalized spacial score (nSPS) is 12.8. The second-order valence-electron chi connectivity index (χ2n) is 3.22. The molecule has 1 atom stereocenters. The molecular formula is C9H17NO2. The molecule has 0 aromatic carbocycles. The maximum absolute atomic E-state index is 11.4. The summed E-state index contributed by atoms with van der Waals surface area (Å²) >= 11 is 0. The smallest absolute Gasteiger partial charge is 0.217 e. The van der Waals surface area contributed by atoms with E-state index in [4.69, 9.17) is 0 Å². The first-order valence-corrected chi connectivity index (χ1v) is 4.29. The van der Waals surface area contributed by atoms with Crippen LogP contribution >= 0.6 is 0 Å². The number of ketones is 1. The zero-order valence-electron chi connectivity index (χ0n) is 8.18. The fourth-order valence-electron chi connectivity index (χ4n) is 1.02. The first kappa shape index (κ1) is 11.1. The lowest BCUT2D eigenvalue weighted by molar-refractivity contribution is -0.128. The van der Waals surface area contributed by atoms with Crippen LogP contribution in [-0.2, 0) is 9.59 Å². The molecule has 0 fully saturated rings. The van der Waals surface area contributed by atoms with Crippen molar-refractivity contribution in [3.63, 3.8) is 0 Å². The van der Waals surface area contributed by atoms with Crippen LogP contribution in [0.2, 0.25) is 0 Å². The van der Waals surface area contributed by atoms with E-state index >= 15 is 0 Å². The molecular weight excluding hydrogens is 154 g/mol. The second kappa shape index (κ2) is 4.91. The van der Waals surface area contributed by atoms with Gasteiger partial charge < -0.3 is 5.32 Å². The monoisotopic (exact) mass is 171 g/mol. The summed E-state index contributed by atoms with van der Waals surface area (Å²) in [5, 5.41) is 2.62. The molecule has 3 nitrogen and oxygen atoms in total. The highest BCUT2D eigenvalue weighted by atomic mass is 16.2. The van der Waals surface area contributed by atoms with E-state index in [2.05, 4.69) is 5.32 Å². The van der Waals surface area contributed by atoms with Gasteiger partial charge in [0.2, 0.25) is 5.91 Å². The molecule has 12 heavy (non-hydrogen) atoms. The van der Waals surface area contributed by atoms with Crippen molar-refractivity contribution in [3.8, 4) is 0 Å². The van der Waals surface area contributed by atoms with Crippen molar-refractivity contribution in [2.75, 3.05) is 0 Å². The Balaban J connectivity index is 4.15. The molecule has 0 saturated heterocycles. The van der Waals surface area contributed by atoms with Crippen LogP contribution in [0.15, 0.2) is 0 Å². The summed E-state index contributed by atoms with van der Waals surface area (Å²) in [7, 11) is 0. The third-order valence-electron chi connectivity index (χ3n) is 1.70. The Morgan fingerprint density at radius 2 is 1.83 bits per heavy atom. The summed E-state index contributed by atoms with van der Waals surface area (Å²) in [4.78, 5) is 22.1. The van der Waals surface area contributed by atoms with Gasteiger partial charge in [0.05, 0.1) is 6.04 Å². The Bertz CT molecular complexity index is 175. The number of rotatable bonds is 4. The summed E-state index contributed by atoms with van der Waals surface area (Å²) < 4.78 is 0. The van der Waals surface area contributed by atoms with E-state index in [1.165, 1.54) is 6.92 Å². The van der Waals surface area contributed by atoms with E-state index in [0.717, 1.165) is 0 Å². The number of amides is 1. The van der Waals surface area contributed by atoms with E-state index in [-0.39, 0.29) is 23.7 Å². The highest BCUT2D eigenvalue weighted by Crippen LogP contribution is 2.02. The molecule has 0 aliphatic heterocycles. The van der Waals surface area contributed by atoms with Gasteiger partial charge in [-0.25, -0.2) is 0 Å². The van der Waals surface area contributed by atoms with Crippen LogP contribution in [-0.4, -0.2) is 17.7 Å². The number of hydrogen-bond acceptors (Lipinski definition) is 2. The van der Waals surface area contributed by atoms with E-state index in [0.29, 0.717) is 6.42 Å². The first-order valence-electron chi connectivity index (χ1n) is 4.29. The van der Waals surface area contributed by atoms with E-state index < -0.39 is 0 Å². The van der Waals surface area contributed by atoms with E-state index in [1.54, 1.807) is 0 Å². The molecule has 0 aromatic rings. The standard InChI is InChI=1S/C9H17NO2/c1-5-8(10-7(4)11)9(12)6(2)3/h6,8H,5H2,1-4H3,(H,10,11)/t8-/m0/s1. The summed E-state index contributed by atoms with van der Waals surface area (Å²) in [5.41, 5.74) is 0. The van der Waals surface area contributed by atoms with Gasteiger partial charge in [0.25, 0.3) is 0 Å². The minimum absolute atomic E-state index is 0.0122. The molecule has 0 aliphatic rings. The van der Waals surface area contributed by atoms with Gasteiger partial charge in [0, 0.05) is 12.8 Å². The van der Waals surface area contributed by atoms with E-state index in [1.807, 2.05) is 20.8 Å². The molecule has 0 aliphatic carbocycles. The average molecular weight is 171 g/mol. The van der Waals surface area contributed by atoms with Crippen molar-refractivity contribution in [3.05, 3.63) is 0 Å². The highest BCUT2D eigenvalue weighted by molar-refractivity contribution is 5.89. The SMILES string of the molecule is CC[C@H](NC(C)=O)C(=O)C(C)C. The maximum atomic E-state index is 11.4. The minimum Gasteiger partial charge on any atom is -0.347 e. The van der Waals surface area contributed by atoms with E-state index in [9.17, 15) is 9.59 Å². The number of carbonyl (C=O) groups excluding carboxylic acids is 2. The summed E-state index contributed by atoms with van der Waals surface area (Å²) in [6, 6.07) is -0.303. The zero-order valence-corrected chi connectivity index (χ0v) is 8.18. The third kappa shape index (κ3) is 3.51. The Labute approximate surface area is 73.5 Å². The third-order valence-corrected chi connectivity index (χ3v) is 1.70. The molecule has 0 rings (SSSR count). The van der Waals surface area contributed by atoms with Crippen LogP contribution in [0.3, 0.4) is 0 Å². The van der Waals surface area contributed by atoms with Crippen LogP contribution in [0.1, 0.15) is 34.1 Å². The van der Waals surface area contributed by atoms with Crippen molar-refractivity contribution >= 4 is 11.7 Å². The lowest BCUT2D eigenvalue weighted by atomic mass is 10.00. The van der Waals surface area contributed by atoms with Crippen molar-refractivity contribution in [1.82, 2.24) is 5.32 Å². The predicted molar refractivity (Wildman–Crippen MR) is 47.7 cm³/mol. The molecule has 0 saturated carbocycles. The Kier molecular flexibility index (Phi) is 4.55. The molecule has 0 bridgehead atoms. The van der Waals surface area contributed by atoms with Crippen LogP contribution in [0.25, 0.3) is 0 Å². The summed E-state index contributed by atoms with van der Waals surface area (Å²) in [6.45, 7) is 7.00.